The van der Waals surface area contributed by atoms with Gasteiger partial charge in [-0.1, -0.05) is 0 Å². The molecule has 1 heterocycles. The molecule has 0 spiro atoms. The summed E-state index contributed by atoms with van der Waals surface area (Å²) in [6, 6.07) is -1.51. The number of amides is 4. The van der Waals surface area contributed by atoms with E-state index in [9.17, 15) is 13.8 Å². The maximum Gasteiger partial charge on any atom is 0.336 e. The van der Waals surface area contributed by atoms with Crippen molar-refractivity contribution in [1.29, 1.82) is 0 Å². The maximum atomic E-state index is 10.3. The van der Waals surface area contributed by atoms with Crippen LogP contribution in [0.4, 0.5) is 9.59 Å². The van der Waals surface area contributed by atoms with Gasteiger partial charge in [-0.25, -0.2) is 23.2 Å². The van der Waals surface area contributed by atoms with E-state index < -0.39 is 23.2 Å². The lowest BCUT2D eigenvalue weighted by molar-refractivity contribution is 0.231. The average Bonchev–Trinajstić information content (AvgIpc) is 1.59. The van der Waals surface area contributed by atoms with Crippen molar-refractivity contribution >= 4 is 23.2 Å². The van der Waals surface area contributed by atoms with E-state index in [-0.39, 0.29) is 0 Å². The fourth-order valence-electron chi connectivity index (χ4n) is 0.348. The Labute approximate surface area is 52.7 Å². The molecule has 1 rings (SSSR count). The molecule has 0 atom stereocenters. The summed E-state index contributed by atoms with van der Waals surface area (Å²) < 4.78 is 14.1. The summed E-state index contributed by atoms with van der Waals surface area (Å²) in [5.41, 5.74) is 0. The van der Waals surface area contributed by atoms with Crippen LogP contribution >= 0.6 is 0 Å². The molecule has 4 amide bonds. The molecular formula is C2H3N3O3S. The van der Waals surface area contributed by atoms with Crippen molar-refractivity contribution in [2.24, 2.45) is 0 Å². The van der Waals surface area contributed by atoms with Crippen molar-refractivity contribution in [2.75, 3.05) is 0 Å². The van der Waals surface area contributed by atoms with Crippen molar-refractivity contribution in [1.82, 2.24) is 14.8 Å². The summed E-state index contributed by atoms with van der Waals surface area (Å²) in [4.78, 5) is 20.4. The number of imide groups is 1. The minimum atomic E-state index is -1.76. The number of urea groups is 2. The minimum Gasteiger partial charge on any atom is -0.258 e. The van der Waals surface area contributed by atoms with Crippen LogP contribution in [0, 0.1) is 0 Å². The Morgan fingerprint density at radius 1 is 1.11 bits per heavy atom. The molecule has 6 nitrogen and oxygen atoms in total. The molecule has 0 radical (unpaired) electrons. The van der Waals surface area contributed by atoms with E-state index in [2.05, 4.69) is 0 Å². The molecule has 3 N–H and O–H groups in total. The number of rotatable bonds is 0. The molecule has 0 aromatic carbocycles. The highest BCUT2D eigenvalue weighted by atomic mass is 32.2. The lowest BCUT2D eigenvalue weighted by Gasteiger charge is -2.11. The first-order chi connectivity index (χ1) is 4.18. The fraction of sp³-hybridized carbons (Fsp3) is 0. The topological polar surface area (TPSA) is 87.3 Å². The monoisotopic (exact) mass is 149 g/mol. The SMILES string of the molecule is O=C1NC(=O)NS(=O)N1. The van der Waals surface area contributed by atoms with Gasteiger partial charge in [0.15, 0.2) is 0 Å². The van der Waals surface area contributed by atoms with Crippen LogP contribution in [0.15, 0.2) is 0 Å². The molecule has 0 aromatic heterocycles. The van der Waals surface area contributed by atoms with Gasteiger partial charge in [0.1, 0.15) is 0 Å². The van der Waals surface area contributed by atoms with Crippen LogP contribution in [0.5, 0.6) is 0 Å². The Balaban J connectivity index is 2.64. The molecule has 50 valence electrons. The van der Waals surface area contributed by atoms with E-state index >= 15 is 0 Å². The zero-order valence-corrected chi connectivity index (χ0v) is 4.95. The van der Waals surface area contributed by atoms with Gasteiger partial charge in [0.25, 0.3) is 0 Å². The number of nitrogens with one attached hydrogen (secondary N) is 3. The van der Waals surface area contributed by atoms with Crippen LogP contribution in [0.25, 0.3) is 0 Å². The van der Waals surface area contributed by atoms with Crippen molar-refractivity contribution in [3.05, 3.63) is 0 Å². The summed E-state index contributed by atoms with van der Waals surface area (Å²) in [6.45, 7) is 0. The molecule has 9 heavy (non-hydrogen) atoms. The highest BCUT2D eigenvalue weighted by Gasteiger charge is 2.17. The summed E-state index contributed by atoms with van der Waals surface area (Å²) in [5, 5.41) is 1.82. The van der Waals surface area contributed by atoms with Crippen molar-refractivity contribution in [3.63, 3.8) is 0 Å². The largest absolute Gasteiger partial charge is 0.336 e. The molecule has 1 fully saturated rings. The third kappa shape index (κ3) is 1.39. The second kappa shape index (κ2) is 2.02. The molecule has 1 saturated heterocycles. The van der Waals surface area contributed by atoms with E-state index in [1.165, 1.54) is 0 Å². The third-order valence-electron chi connectivity index (χ3n) is 0.598. The van der Waals surface area contributed by atoms with Gasteiger partial charge in [0.05, 0.1) is 0 Å². The smallest absolute Gasteiger partial charge is 0.258 e. The van der Waals surface area contributed by atoms with Crippen LogP contribution in [-0.4, -0.2) is 16.3 Å². The molecule has 0 bridgehead atoms. The van der Waals surface area contributed by atoms with Crippen molar-refractivity contribution in [3.8, 4) is 0 Å². The van der Waals surface area contributed by atoms with Gasteiger partial charge in [-0.2, -0.15) is 0 Å². The quantitative estimate of drug-likeness (QED) is 0.395. The first-order valence-corrected chi connectivity index (χ1v) is 3.13. The van der Waals surface area contributed by atoms with Crippen molar-refractivity contribution in [2.45, 2.75) is 0 Å². The van der Waals surface area contributed by atoms with Crippen LogP contribution in [0.1, 0.15) is 0 Å². The summed E-state index contributed by atoms with van der Waals surface area (Å²) in [7, 11) is 0. The van der Waals surface area contributed by atoms with Crippen LogP contribution < -0.4 is 14.8 Å². The molecular weight excluding hydrogens is 146 g/mol. The average molecular weight is 149 g/mol. The van der Waals surface area contributed by atoms with Crippen molar-refractivity contribution < 1.29 is 13.8 Å². The van der Waals surface area contributed by atoms with E-state index in [0.717, 1.165) is 0 Å². The highest BCUT2D eigenvalue weighted by Crippen LogP contribution is 1.77. The Morgan fingerprint density at radius 2 is 1.56 bits per heavy atom. The molecule has 1 aliphatic heterocycles. The molecule has 0 aliphatic carbocycles. The van der Waals surface area contributed by atoms with Gasteiger partial charge in [0, 0.05) is 0 Å². The van der Waals surface area contributed by atoms with Crippen LogP contribution in [0.3, 0.4) is 0 Å². The van der Waals surface area contributed by atoms with Crippen LogP contribution in [-0.2, 0) is 11.2 Å². The number of hydrogen-bond donors (Lipinski definition) is 3. The second-order valence-electron chi connectivity index (χ2n) is 1.26. The predicted octanol–water partition coefficient (Wildman–Crippen LogP) is -1.41. The highest BCUT2D eigenvalue weighted by molar-refractivity contribution is 7.82. The standard InChI is InChI=1S/C2H3N3O3S/c6-1-3-2(7)5-9(8)4-1/h(H3,3,4,5,6,7). The van der Waals surface area contributed by atoms with Gasteiger partial charge in [-0.15, -0.1) is 0 Å². The van der Waals surface area contributed by atoms with Gasteiger partial charge in [-0.3, -0.25) is 5.32 Å². The van der Waals surface area contributed by atoms with E-state index in [0.29, 0.717) is 0 Å². The van der Waals surface area contributed by atoms with Crippen LogP contribution in [0.2, 0.25) is 0 Å². The minimum absolute atomic E-state index is 0.753. The van der Waals surface area contributed by atoms with E-state index in [1.54, 1.807) is 0 Å². The van der Waals surface area contributed by atoms with Gasteiger partial charge >= 0.3 is 12.1 Å². The molecule has 7 heteroatoms. The fourth-order valence-corrected chi connectivity index (χ4v) is 0.838. The predicted molar refractivity (Wildman–Crippen MR) is 28.3 cm³/mol. The Morgan fingerprint density at radius 3 is 1.89 bits per heavy atom. The second-order valence-corrected chi connectivity index (χ2v) is 2.20. The Kier molecular flexibility index (Phi) is 1.35. The normalized spacial score (nSPS) is 20.0. The Hall–Kier alpha value is -1.11. The van der Waals surface area contributed by atoms with E-state index in [4.69, 9.17) is 0 Å². The first kappa shape index (κ1) is 6.02. The molecule has 0 aromatic rings. The lowest BCUT2D eigenvalue weighted by atomic mass is 10.9. The number of hydrogen-bond acceptors (Lipinski definition) is 3. The first-order valence-electron chi connectivity index (χ1n) is 1.98. The Bertz CT molecular complexity index is 144. The van der Waals surface area contributed by atoms with Gasteiger partial charge in [0.2, 0.25) is 11.2 Å². The lowest BCUT2D eigenvalue weighted by Crippen LogP contribution is -2.55. The van der Waals surface area contributed by atoms with Gasteiger partial charge in [-0.05, 0) is 0 Å². The zero-order chi connectivity index (χ0) is 6.85. The molecule has 0 saturated carbocycles. The van der Waals surface area contributed by atoms with E-state index in [1.807, 2.05) is 14.8 Å². The summed E-state index contributed by atoms with van der Waals surface area (Å²) in [5.74, 6) is 0. The number of carbonyl (C=O) groups excluding carboxylic acids is 2. The molecule has 1 aliphatic rings. The number of carbonyl (C=O) groups is 2. The zero-order valence-electron chi connectivity index (χ0n) is 4.13. The molecule has 0 unspecified atom stereocenters. The summed E-state index contributed by atoms with van der Waals surface area (Å²) >= 11 is -1.76. The third-order valence-corrected chi connectivity index (χ3v) is 1.34. The summed E-state index contributed by atoms with van der Waals surface area (Å²) in [6.07, 6.45) is 0. The maximum absolute atomic E-state index is 10.3. The van der Waals surface area contributed by atoms with Gasteiger partial charge < -0.3 is 0 Å².